The number of benzene rings is 1. The van der Waals surface area contributed by atoms with Gasteiger partial charge in [-0.25, -0.2) is 0 Å². The predicted octanol–water partition coefficient (Wildman–Crippen LogP) is 1.02. The van der Waals surface area contributed by atoms with Crippen LogP contribution in [0.25, 0.3) is 0 Å². The van der Waals surface area contributed by atoms with Crippen molar-refractivity contribution in [2.24, 2.45) is 0 Å². The molecule has 0 amide bonds. The molecular formula is C10H13ClN2O5. The van der Waals surface area contributed by atoms with E-state index in [1.165, 1.54) is 19.2 Å². The van der Waals surface area contributed by atoms with Crippen molar-refractivity contribution >= 4 is 23.0 Å². The van der Waals surface area contributed by atoms with E-state index in [9.17, 15) is 15.2 Å². The molecule has 0 radical (unpaired) electrons. The molecule has 7 nitrogen and oxygen atoms in total. The monoisotopic (exact) mass is 276 g/mol. The van der Waals surface area contributed by atoms with E-state index >= 15 is 0 Å². The number of aliphatic hydroxyl groups is 2. The third-order valence-electron chi connectivity index (χ3n) is 2.20. The van der Waals surface area contributed by atoms with Crippen molar-refractivity contribution in [3.05, 3.63) is 27.3 Å². The summed E-state index contributed by atoms with van der Waals surface area (Å²) in [4.78, 5) is 10.1. The summed E-state index contributed by atoms with van der Waals surface area (Å²) in [5.41, 5.74) is 0.141. The number of nitro benzene ring substituents is 1. The molecule has 1 atom stereocenters. The van der Waals surface area contributed by atoms with Crippen LogP contribution in [0.5, 0.6) is 5.75 Å². The summed E-state index contributed by atoms with van der Waals surface area (Å²) in [5.74, 6) is 0.233. The molecule has 100 valence electrons. The smallest absolute Gasteiger partial charge is 0.291 e. The number of hydrogen-bond donors (Lipinski definition) is 3. The molecule has 3 N–H and O–H groups in total. The van der Waals surface area contributed by atoms with E-state index in [-0.39, 0.29) is 23.0 Å². The first-order chi connectivity index (χ1) is 8.49. The second-order valence-corrected chi connectivity index (χ2v) is 3.89. The van der Waals surface area contributed by atoms with Gasteiger partial charge in [0.1, 0.15) is 10.8 Å². The van der Waals surface area contributed by atoms with Gasteiger partial charge in [-0.1, -0.05) is 11.6 Å². The molecule has 0 spiro atoms. The zero-order valence-electron chi connectivity index (χ0n) is 9.59. The Labute approximate surface area is 108 Å². The molecule has 1 rings (SSSR count). The fourth-order valence-electron chi connectivity index (χ4n) is 1.28. The second-order valence-electron chi connectivity index (χ2n) is 3.48. The minimum atomic E-state index is -0.941. The number of nitrogens with one attached hydrogen (secondary N) is 1. The molecule has 18 heavy (non-hydrogen) atoms. The van der Waals surface area contributed by atoms with Gasteiger partial charge in [0.2, 0.25) is 0 Å². The van der Waals surface area contributed by atoms with Gasteiger partial charge in [-0.15, -0.1) is 0 Å². The summed E-state index contributed by atoms with van der Waals surface area (Å²) < 4.78 is 4.99. The number of halogens is 1. The standard InChI is InChI=1S/C10H13ClN2O5/c1-18-10-3-9(13(16)17)7(11)2-8(10)12-4-6(15)5-14/h2-3,6,12,14-15H,4-5H2,1H3. The normalized spacial score (nSPS) is 12.0. The van der Waals surface area contributed by atoms with Gasteiger partial charge in [-0.05, 0) is 6.07 Å². The Morgan fingerprint density at radius 1 is 1.61 bits per heavy atom. The van der Waals surface area contributed by atoms with Gasteiger partial charge in [-0.3, -0.25) is 10.1 Å². The van der Waals surface area contributed by atoms with Crippen LogP contribution in [0.2, 0.25) is 5.02 Å². The molecule has 0 aromatic heterocycles. The maximum absolute atomic E-state index is 10.7. The lowest BCUT2D eigenvalue weighted by atomic mass is 10.2. The van der Waals surface area contributed by atoms with Crippen LogP contribution in [0.4, 0.5) is 11.4 Å². The van der Waals surface area contributed by atoms with E-state index in [4.69, 9.17) is 21.4 Å². The molecule has 1 unspecified atom stereocenters. The molecule has 0 saturated heterocycles. The number of nitro groups is 1. The molecule has 1 aromatic carbocycles. The lowest BCUT2D eigenvalue weighted by Crippen LogP contribution is -2.23. The van der Waals surface area contributed by atoms with Crippen molar-refractivity contribution in [3.63, 3.8) is 0 Å². The van der Waals surface area contributed by atoms with Crippen molar-refractivity contribution < 1.29 is 19.9 Å². The van der Waals surface area contributed by atoms with E-state index in [1.54, 1.807) is 0 Å². The number of ether oxygens (including phenoxy) is 1. The van der Waals surface area contributed by atoms with E-state index in [0.29, 0.717) is 5.69 Å². The summed E-state index contributed by atoms with van der Waals surface area (Å²) in [6.07, 6.45) is -0.941. The number of hydrogen-bond acceptors (Lipinski definition) is 6. The second kappa shape index (κ2) is 6.39. The number of nitrogens with zero attached hydrogens (tertiary/aromatic N) is 1. The minimum absolute atomic E-state index is 0.0400. The summed E-state index contributed by atoms with van der Waals surface area (Å²) in [6.45, 7) is -0.322. The van der Waals surface area contributed by atoms with Gasteiger partial charge in [0.25, 0.3) is 5.69 Å². The van der Waals surface area contributed by atoms with Crippen LogP contribution in [0, 0.1) is 10.1 Å². The lowest BCUT2D eigenvalue weighted by Gasteiger charge is -2.13. The molecule has 0 aliphatic heterocycles. The van der Waals surface area contributed by atoms with E-state index in [1.807, 2.05) is 0 Å². The SMILES string of the molecule is COc1cc([N+](=O)[O-])c(Cl)cc1NCC(O)CO. The zero-order valence-corrected chi connectivity index (χ0v) is 10.3. The Kier molecular flexibility index (Phi) is 5.14. The highest BCUT2D eigenvalue weighted by Gasteiger charge is 2.17. The Morgan fingerprint density at radius 3 is 2.78 bits per heavy atom. The summed E-state index contributed by atoms with van der Waals surface area (Å²) in [5, 5.41) is 31.3. The summed E-state index contributed by atoms with van der Waals surface area (Å²) >= 11 is 5.75. The van der Waals surface area contributed by atoms with Gasteiger partial charge < -0.3 is 20.3 Å². The van der Waals surface area contributed by atoms with Crippen LogP contribution < -0.4 is 10.1 Å². The first kappa shape index (κ1) is 14.5. The first-order valence-corrected chi connectivity index (χ1v) is 5.42. The highest BCUT2D eigenvalue weighted by molar-refractivity contribution is 6.33. The van der Waals surface area contributed by atoms with Crippen molar-refractivity contribution in [2.45, 2.75) is 6.10 Å². The van der Waals surface area contributed by atoms with E-state index in [0.717, 1.165) is 0 Å². The zero-order chi connectivity index (χ0) is 13.7. The Balaban J connectivity index is 2.98. The lowest BCUT2D eigenvalue weighted by molar-refractivity contribution is -0.384. The van der Waals surface area contributed by atoms with Gasteiger partial charge >= 0.3 is 0 Å². The predicted molar refractivity (Wildman–Crippen MR) is 66.2 cm³/mol. The maximum atomic E-state index is 10.7. The number of anilines is 1. The van der Waals surface area contributed by atoms with E-state index < -0.39 is 17.6 Å². The maximum Gasteiger partial charge on any atom is 0.291 e. The number of methoxy groups -OCH3 is 1. The largest absolute Gasteiger partial charge is 0.494 e. The van der Waals surface area contributed by atoms with Crippen molar-refractivity contribution in [3.8, 4) is 5.75 Å². The number of aliphatic hydroxyl groups excluding tert-OH is 2. The molecule has 8 heteroatoms. The van der Waals surface area contributed by atoms with Crippen molar-refractivity contribution in [1.29, 1.82) is 0 Å². The average molecular weight is 277 g/mol. The van der Waals surface area contributed by atoms with Crippen LogP contribution in [-0.2, 0) is 0 Å². The minimum Gasteiger partial charge on any atom is -0.494 e. The van der Waals surface area contributed by atoms with Gasteiger partial charge in [-0.2, -0.15) is 0 Å². The Bertz CT molecular complexity index is 441. The Morgan fingerprint density at radius 2 is 2.28 bits per heavy atom. The molecule has 0 heterocycles. The molecule has 0 fully saturated rings. The van der Waals surface area contributed by atoms with Gasteiger partial charge in [0.05, 0.1) is 36.5 Å². The van der Waals surface area contributed by atoms with Gasteiger partial charge in [0, 0.05) is 6.54 Å². The van der Waals surface area contributed by atoms with Crippen LogP contribution in [0.15, 0.2) is 12.1 Å². The molecule has 0 bridgehead atoms. The van der Waals surface area contributed by atoms with Crippen molar-refractivity contribution in [1.82, 2.24) is 0 Å². The fourth-order valence-corrected chi connectivity index (χ4v) is 1.51. The highest BCUT2D eigenvalue weighted by Crippen LogP contribution is 2.35. The van der Waals surface area contributed by atoms with Crippen LogP contribution in [0.3, 0.4) is 0 Å². The van der Waals surface area contributed by atoms with Crippen LogP contribution in [-0.4, -0.2) is 41.5 Å². The molecule has 1 aromatic rings. The van der Waals surface area contributed by atoms with E-state index in [2.05, 4.69) is 5.32 Å². The molecule has 0 aliphatic rings. The Hall–Kier alpha value is -1.57. The quantitative estimate of drug-likeness (QED) is 0.529. The van der Waals surface area contributed by atoms with Crippen molar-refractivity contribution in [2.75, 3.05) is 25.6 Å². The third-order valence-corrected chi connectivity index (χ3v) is 2.51. The molecule has 0 aliphatic carbocycles. The molecule has 0 saturated carbocycles. The summed E-state index contributed by atoms with van der Waals surface area (Å²) in [7, 11) is 1.36. The average Bonchev–Trinajstić information content (AvgIpc) is 2.35. The third kappa shape index (κ3) is 3.46. The summed E-state index contributed by atoms with van der Waals surface area (Å²) in [6, 6.07) is 2.53. The number of rotatable bonds is 6. The highest BCUT2D eigenvalue weighted by atomic mass is 35.5. The first-order valence-electron chi connectivity index (χ1n) is 5.04. The fraction of sp³-hybridized carbons (Fsp3) is 0.400. The van der Waals surface area contributed by atoms with Gasteiger partial charge in [0.15, 0.2) is 0 Å². The molecular weight excluding hydrogens is 264 g/mol. The van der Waals surface area contributed by atoms with Crippen LogP contribution >= 0.6 is 11.6 Å². The van der Waals surface area contributed by atoms with Crippen LogP contribution in [0.1, 0.15) is 0 Å². The topological polar surface area (TPSA) is 105 Å².